The molecule has 1 aromatic carbocycles. The summed E-state index contributed by atoms with van der Waals surface area (Å²) in [6.07, 6.45) is 5.22. The maximum Gasteiger partial charge on any atom is 0.134 e. The molecule has 22 heavy (non-hydrogen) atoms. The lowest BCUT2D eigenvalue weighted by Crippen LogP contribution is -2.49. The van der Waals surface area contributed by atoms with E-state index in [9.17, 15) is 0 Å². The van der Waals surface area contributed by atoms with Crippen LogP contribution in [0, 0.1) is 0 Å². The van der Waals surface area contributed by atoms with Gasteiger partial charge in [-0.25, -0.2) is 9.97 Å². The van der Waals surface area contributed by atoms with Gasteiger partial charge >= 0.3 is 0 Å². The molecule has 1 aliphatic carbocycles. The first-order valence-electron chi connectivity index (χ1n) is 8.05. The molecule has 1 saturated carbocycles. The summed E-state index contributed by atoms with van der Waals surface area (Å²) in [5.74, 6) is 1.96. The highest BCUT2D eigenvalue weighted by atomic mass is 15.3. The Labute approximate surface area is 131 Å². The maximum atomic E-state index is 4.53. The van der Waals surface area contributed by atoms with Crippen molar-refractivity contribution < 1.29 is 0 Å². The van der Waals surface area contributed by atoms with E-state index in [0.29, 0.717) is 6.04 Å². The van der Waals surface area contributed by atoms with Crippen LogP contribution in [0.3, 0.4) is 0 Å². The molecule has 2 aliphatic rings. The predicted molar refractivity (Wildman–Crippen MR) is 89.1 cm³/mol. The smallest absolute Gasteiger partial charge is 0.134 e. The van der Waals surface area contributed by atoms with Crippen molar-refractivity contribution in [1.82, 2.24) is 9.97 Å². The van der Waals surface area contributed by atoms with Crippen molar-refractivity contribution in [2.75, 3.05) is 10.2 Å². The standard InChI is InChI=1S/C18H22N4/c1-18(2)10-13-5-3-4-6-14(13)11-22(18)17-9-16(19-12-20-17)21-15-7-8-15/h3-6,9,12,15H,7-8,10-11H2,1-2H3,(H,19,20,21). The van der Waals surface area contributed by atoms with Crippen LogP contribution in [0.25, 0.3) is 0 Å². The number of nitrogens with zero attached hydrogens (tertiary/aromatic N) is 3. The Kier molecular flexibility index (Phi) is 3.06. The van der Waals surface area contributed by atoms with Crippen LogP contribution in [0.1, 0.15) is 37.8 Å². The van der Waals surface area contributed by atoms with Gasteiger partial charge in [0, 0.05) is 24.2 Å². The zero-order valence-corrected chi connectivity index (χ0v) is 13.2. The molecule has 0 amide bonds. The summed E-state index contributed by atoms with van der Waals surface area (Å²) in [6.45, 7) is 5.49. The zero-order chi connectivity index (χ0) is 15.2. The Bertz CT molecular complexity index is 691. The predicted octanol–water partition coefficient (Wildman–Crippen LogP) is 3.39. The number of benzene rings is 1. The number of hydrogen-bond donors (Lipinski definition) is 1. The highest BCUT2D eigenvalue weighted by Gasteiger charge is 2.33. The monoisotopic (exact) mass is 294 g/mol. The lowest BCUT2D eigenvalue weighted by atomic mass is 9.85. The number of fused-ring (bicyclic) bond motifs is 1. The minimum absolute atomic E-state index is 0.0551. The van der Waals surface area contributed by atoms with E-state index in [1.165, 1.54) is 24.0 Å². The largest absolute Gasteiger partial charge is 0.367 e. The molecule has 2 heterocycles. The molecule has 0 spiro atoms. The van der Waals surface area contributed by atoms with E-state index in [1.54, 1.807) is 6.33 Å². The van der Waals surface area contributed by atoms with Crippen LogP contribution >= 0.6 is 0 Å². The van der Waals surface area contributed by atoms with Crippen molar-refractivity contribution in [3.05, 3.63) is 47.8 Å². The molecule has 0 unspecified atom stereocenters. The van der Waals surface area contributed by atoms with E-state index in [2.05, 4.69) is 64.4 Å². The van der Waals surface area contributed by atoms with Gasteiger partial charge in [0.1, 0.15) is 18.0 Å². The van der Waals surface area contributed by atoms with E-state index in [1.807, 2.05) is 0 Å². The van der Waals surface area contributed by atoms with Crippen molar-refractivity contribution in [1.29, 1.82) is 0 Å². The maximum absolute atomic E-state index is 4.53. The third-order valence-corrected chi connectivity index (χ3v) is 4.66. The van der Waals surface area contributed by atoms with E-state index < -0.39 is 0 Å². The van der Waals surface area contributed by atoms with Crippen LogP contribution in [-0.4, -0.2) is 21.5 Å². The SMILES string of the molecule is CC1(C)Cc2ccccc2CN1c1cc(NC2CC2)ncn1. The molecule has 4 heteroatoms. The molecule has 0 radical (unpaired) electrons. The second kappa shape index (κ2) is 4.97. The van der Waals surface area contributed by atoms with Gasteiger partial charge in [0.05, 0.1) is 0 Å². The van der Waals surface area contributed by atoms with Gasteiger partial charge in [-0.05, 0) is 44.2 Å². The van der Waals surface area contributed by atoms with Gasteiger partial charge < -0.3 is 10.2 Å². The third kappa shape index (κ3) is 2.54. The molecule has 1 aliphatic heterocycles. The Morgan fingerprint density at radius 3 is 2.68 bits per heavy atom. The van der Waals surface area contributed by atoms with Gasteiger partial charge in [-0.15, -0.1) is 0 Å². The summed E-state index contributed by atoms with van der Waals surface area (Å²) in [4.78, 5) is 11.3. The minimum Gasteiger partial charge on any atom is -0.367 e. The molecular weight excluding hydrogens is 272 g/mol. The summed E-state index contributed by atoms with van der Waals surface area (Å²) in [7, 11) is 0. The molecule has 4 nitrogen and oxygen atoms in total. The van der Waals surface area contributed by atoms with Crippen LogP contribution in [0.4, 0.5) is 11.6 Å². The lowest BCUT2D eigenvalue weighted by molar-refractivity contribution is 0.427. The average Bonchev–Trinajstić information content (AvgIpc) is 3.30. The fourth-order valence-electron chi connectivity index (χ4n) is 3.23. The summed E-state index contributed by atoms with van der Waals surface area (Å²) in [5, 5.41) is 3.46. The summed E-state index contributed by atoms with van der Waals surface area (Å²) < 4.78 is 0. The Balaban J connectivity index is 1.66. The topological polar surface area (TPSA) is 41.0 Å². The van der Waals surface area contributed by atoms with Crippen molar-refractivity contribution in [2.24, 2.45) is 0 Å². The summed E-state index contributed by atoms with van der Waals surface area (Å²) in [5.41, 5.74) is 2.91. The lowest BCUT2D eigenvalue weighted by Gasteiger charge is -2.44. The third-order valence-electron chi connectivity index (χ3n) is 4.66. The zero-order valence-electron chi connectivity index (χ0n) is 13.2. The van der Waals surface area contributed by atoms with Crippen molar-refractivity contribution in [3.63, 3.8) is 0 Å². The normalized spacial score (nSPS) is 19.6. The molecular formula is C18H22N4. The first-order chi connectivity index (χ1) is 10.6. The average molecular weight is 294 g/mol. The minimum atomic E-state index is 0.0551. The molecule has 2 aromatic rings. The fraction of sp³-hybridized carbons (Fsp3) is 0.444. The van der Waals surface area contributed by atoms with Gasteiger partial charge in [0.25, 0.3) is 0 Å². The van der Waals surface area contributed by atoms with Crippen molar-refractivity contribution >= 4 is 11.6 Å². The van der Waals surface area contributed by atoms with Gasteiger partial charge in [-0.3, -0.25) is 0 Å². The van der Waals surface area contributed by atoms with E-state index in [0.717, 1.165) is 24.6 Å². The van der Waals surface area contributed by atoms with Gasteiger partial charge in [0.15, 0.2) is 0 Å². The van der Waals surface area contributed by atoms with Gasteiger partial charge in [0.2, 0.25) is 0 Å². The molecule has 114 valence electrons. The number of anilines is 2. The fourth-order valence-corrected chi connectivity index (χ4v) is 3.23. The van der Waals surface area contributed by atoms with Crippen LogP contribution in [0.2, 0.25) is 0 Å². The molecule has 1 N–H and O–H groups in total. The molecule has 1 aromatic heterocycles. The van der Waals surface area contributed by atoms with E-state index in [4.69, 9.17) is 0 Å². The molecule has 4 rings (SSSR count). The Morgan fingerprint density at radius 2 is 1.91 bits per heavy atom. The second-order valence-corrected chi connectivity index (χ2v) is 7.02. The molecule has 1 fully saturated rings. The van der Waals surface area contributed by atoms with Crippen LogP contribution < -0.4 is 10.2 Å². The highest BCUT2D eigenvalue weighted by Crippen LogP contribution is 2.34. The first-order valence-corrected chi connectivity index (χ1v) is 8.05. The second-order valence-electron chi connectivity index (χ2n) is 7.02. The summed E-state index contributed by atoms with van der Waals surface area (Å²) in [6, 6.07) is 11.4. The van der Waals surface area contributed by atoms with E-state index in [-0.39, 0.29) is 5.54 Å². The first kappa shape index (κ1) is 13.6. The van der Waals surface area contributed by atoms with Crippen LogP contribution in [0.5, 0.6) is 0 Å². The number of hydrogen-bond acceptors (Lipinski definition) is 4. The van der Waals surface area contributed by atoms with Crippen LogP contribution in [-0.2, 0) is 13.0 Å². The molecule has 0 bridgehead atoms. The number of rotatable bonds is 3. The molecule has 0 atom stereocenters. The Morgan fingerprint density at radius 1 is 1.14 bits per heavy atom. The highest BCUT2D eigenvalue weighted by molar-refractivity contribution is 5.53. The van der Waals surface area contributed by atoms with Crippen molar-refractivity contribution in [3.8, 4) is 0 Å². The van der Waals surface area contributed by atoms with Crippen molar-refractivity contribution in [2.45, 2.75) is 51.2 Å². The van der Waals surface area contributed by atoms with Crippen LogP contribution in [0.15, 0.2) is 36.7 Å². The quantitative estimate of drug-likeness (QED) is 0.942. The Hall–Kier alpha value is -2.10. The molecule has 0 saturated heterocycles. The van der Waals surface area contributed by atoms with Gasteiger partial charge in [-0.1, -0.05) is 24.3 Å². The van der Waals surface area contributed by atoms with E-state index >= 15 is 0 Å². The summed E-state index contributed by atoms with van der Waals surface area (Å²) >= 11 is 0. The van der Waals surface area contributed by atoms with Gasteiger partial charge in [-0.2, -0.15) is 0 Å². The number of nitrogens with one attached hydrogen (secondary N) is 1. The number of aromatic nitrogens is 2.